The van der Waals surface area contributed by atoms with E-state index >= 15 is 0 Å². The third kappa shape index (κ3) is 4.11. The molecule has 1 aliphatic heterocycles. The molecule has 1 aliphatic rings. The van der Waals surface area contributed by atoms with Gasteiger partial charge in [-0.2, -0.15) is 0 Å². The van der Waals surface area contributed by atoms with Gasteiger partial charge >= 0.3 is 5.97 Å². The lowest BCUT2D eigenvalue weighted by atomic mass is 10.1. The Morgan fingerprint density at radius 3 is 2.69 bits per heavy atom. The number of likely N-dealkylation sites (tertiary alicyclic amines) is 1. The highest BCUT2D eigenvalue weighted by Gasteiger charge is 2.34. The number of benzene rings is 1. The molecule has 26 heavy (non-hydrogen) atoms. The maximum atomic E-state index is 12.4. The number of amides is 2. The number of anilines is 1. The van der Waals surface area contributed by atoms with Crippen molar-refractivity contribution >= 4 is 23.5 Å². The number of nitrogens with one attached hydrogen (secondary N) is 1. The first-order valence-corrected chi connectivity index (χ1v) is 8.45. The third-order valence-corrected chi connectivity index (χ3v) is 4.18. The Kier molecular flexibility index (Phi) is 5.36. The predicted molar refractivity (Wildman–Crippen MR) is 93.3 cm³/mol. The molecule has 1 N–H and O–H groups in total. The minimum absolute atomic E-state index is 0.0702. The van der Waals surface area contributed by atoms with E-state index in [1.54, 1.807) is 54.5 Å². The summed E-state index contributed by atoms with van der Waals surface area (Å²) in [4.78, 5) is 37.8. The van der Waals surface area contributed by atoms with Crippen LogP contribution >= 0.6 is 0 Å². The molecule has 7 heteroatoms. The van der Waals surface area contributed by atoms with Crippen molar-refractivity contribution in [2.45, 2.75) is 19.9 Å². The van der Waals surface area contributed by atoms with E-state index in [1.807, 2.05) is 0 Å². The van der Waals surface area contributed by atoms with Crippen molar-refractivity contribution < 1.29 is 23.5 Å². The molecule has 136 valence electrons. The summed E-state index contributed by atoms with van der Waals surface area (Å²) in [7, 11) is 0. The molecule has 1 aromatic carbocycles. The van der Waals surface area contributed by atoms with Gasteiger partial charge in [0, 0.05) is 18.7 Å². The Hall–Kier alpha value is -3.09. The van der Waals surface area contributed by atoms with Crippen molar-refractivity contribution in [2.75, 3.05) is 18.5 Å². The van der Waals surface area contributed by atoms with Crippen LogP contribution in [0.2, 0.25) is 0 Å². The highest BCUT2D eigenvalue weighted by Crippen LogP contribution is 2.22. The van der Waals surface area contributed by atoms with E-state index in [0.29, 0.717) is 36.7 Å². The molecule has 0 unspecified atom stereocenters. The molecule has 0 aliphatic carbocycles. The Labute approximate surface area is 150 Å². The molecule has 3 rings (SSSR count). The molecule has 2 heterocycles. The van der Waals surface area contributed by atoms with Gasteiger partial charge in [-0.1, -0.05) is 0 Å². The van der Waals surface area contributed by atoms with E-state index in [2.05, 4.69) is 5.32 Å². The van der Waals surface area contributed by atoms with Gasteiger partial charge in [0.2, 0.25) is 11.8 Å². The molecule has 1 saturated heterocycles. The largest absolute Gasteiger partial charge is 0.467 e. The molecule has 0 radical (unpaired) electrons. The molecule has 7 nitrogen and oxygen atoms in total. The number of ether oxygens (including phenoxy) is 1. The van der Waals surface area contributed by atoms with Gasteiger partial charge in [-0.05, 0) is 43.3 Å². The number of nitrogens with zero attached hydrogens (tertiary/aromatic N) is 1. The average Bonchev–Trinajstić information content (AvgIpc) is 3.26. The molecule has 0 saturated carbocycles. The van der Waals surface area contributed by atoms with Gasteiger partial charge < -0.3 is 19.4 Å². The van der Waals surface area contributed by atoms with Crippen LogP contribution < -0.4 is 5.32 Å². The molecular weight excluding hydrogens is 336 g/mol. The van der Waals surface area contributed by atoms with Crippen LogP contribution in [-0.4, -0.2) is 35.8 Å². The fourth-order valence-corrected chi connectivity index (χ4v) is 2.84. The first-order chi connectivity index (χ1) is 12.6. The second kappa shape index (κ2) is 7.86. The van der Waals surface area contributed by atoms with Crippen molar-refractivity contribution in [1.29, 1.82) is 0 Å². The first-order valence-electron chi connectivity index (χ1n) is 8.45. The number of hydrogen-bond donors (Lipinski definition) is 1. The van der Waals surface area contributed by atoms with E-state index in [0.717, 1.165) is 0 Å². The fraction of sp³-hybridized carbons (Fsp3) is 0.316. The zero-order valence-corrected chi connectivity index (χ0v) is 14.4. The van der Waals surface area contributed by atoms with Crippen molar-refractivity contribution in [2.24, 2.45) is 5.92 Å². The number of furan rings is 1. The van der Waals surface area contributed by atoms with Gasteiger partial charge in [-0.3, -0.25) is 9.59 Å². The number of carbonyl (C=O) groups excluding carboxylic acids is 3. The highest BCUT2D eigenvalue weighted by atomic mass is 16.5. The van der Waals surface area contributed by atoms with Crippen LogP contribution in [0.1, 0.15) is 29.5 Å². The Morgan fingerprint density at radius 1 is 1.27 bits per heavy atom. The van der Waals surface area contributed by atoms with Gasteiger partial charge in [-0.15, -0.1) is 0 Å². The normalized spacial score (nSPS) is 16.6. The van der Waals surface area contributed by atoms with Crippen molar-refractivity contribution in [3.05, 3.63) is 54.0 Å². The van der Waals surface area contributed by atoms with Gasteiger partial charge in [0.1, 0.15) is 5.76 Å². The molecule has 2 amide bonds. The Morgan fingerprint density at radius 2 is 2.04 bits per heavy atom. The summed E-state index contributed by atoms with van der Waals surface area (Å²) in [5.41, 5.74) is 0.991. The third-order valence-electron chi connectivity index (χ3n) is 4.18. The zero-order valence-electron chi connectivity index (χ0n) is 14.4. The molecule has 1 fully saturated rings. The summed E-state index contributed by atoms with van der Waals surface area (Å²) < 4.78 is 10.2. The summed E-state index contributed by atoms with van der Waals surface area (Å²) in [5, 5.41) is 2.79. The quantitative estimate of drug-likeness (QED) is 0.803. The summed E-state index contributed by atoms with van der Waals surface area (Å²) in [6.45, 7) is 2.77. The van der Waals surface area contributed by atoms with Gasteiger partial charge in [-0.25, -0.2) is 4.79 Å². The zero-order chi connectivity index (χ0) is 18.5. The summed E-state index contributed by atoms with van der Waals surface area (Å²) in [6.07, 6.45) is 1.73. The standard InChI is InChI=1S/C19H20N2O5/c1-2-25-19(24)13-5-7-15(8-6-13)20-18(23)14-10-17(22)21(11-14)12-16-4-3-9-26-16/h3-9,14H,2,10-12H2,1H3,(H,20,23)/t14-/m1/s1. The second-order valence-corrected chi connectivity index (χ2v) is 6.04. The second-order valence-electron chi connectivity index (χ2n) is 6.04. The van der Waals surface area contributed by atoms with Crippen LogP contribution in [-0.2, 0) is 20.9 Å². The maximum absolute atomic E-state index is 12.4. The van der Waals surface area contributed by atoms with Crippen molar-refractivity contribution in [1.82, 2.24) is 4.90 Å². The molecular formula is C19H20N2O5. The van der Waals surface area contributed by atoms with Gasteiger partial charge in [0.15, 0.2) is 0 Å². The number of esters is 1. The lowest BCUT2D eigenvalue weighted by Crippen LogP contribution is -2.27. The lowest BCUT2D eigenvalue weighted by molar-refractivity contribution is -0.128. The van der Waals surface area contributed by atoms with Gasteiger partial charge in [0.05, 0.1) is 30.9 Å². The van der Waals surface area contributed by atoms with Crippen molar-refractivity contribution in [3.63, 3.8) is 0 Å². The molecule has 1 aromatic heterocycles. The van der Waals surface area contributed by atoms with Crippen molar-refractivity contribution in [3.8, 4) is 0 Å². The monoisotopic (exact) mass is 356 g/mol. The van der Waals surface area contributed by atoms with Crippen LogP contribution in [0.4, 0.5) is 5.69 Å². The maximum Gasteiger partial charge on any atom is 0.338 e. The minimum Gasteiger partial charge on any atom is -0.467 e. The van der Waals surface area contributed by atoms with Crippen LogP contribution in [0.15, 0.2) is 47.1 Å². The number of rotatable bonds is 6. The van der Waals surface area contributed by atoms with E-state index < -0.39 is 11.9 Å². The first kappa shape index (κ1) is 17.7. The number of hydrogen-bond acceptors (Lipinski definition) is 5. The van der Waals surface area contributed by atoms with Crippen LogP contribution in [0, 0.1) is 5.92 Å². The Balaban J connectivity index is 1.56. The lowest BCUT2D eigenvalue weighted by Gasteiger charge is -2.15. The van der Waals surface area contributed by atoms with Crippen LogP contribution in [0.3, 0.4) is 0 Å². The molecule has 2 aromatic rings. The topological polar surface area (TPSA) is 88.8 Å². The van der Waals surface area contributed by atoms with E-state index in [9.17, 15) is 14.4 Å². The molecule has 0 spiro atoms. The Bertz CT molecular complexity index is 783. The van der Waals surface area contributed by atoms with E-state index in [1.165, 1.54) is 0 Å². The smallest absolute Gasteiger partial charge is 0.338 e. The SMILES string of the molecule is CCOC(=O)c1ccc(NC(=O)[C@@H]2CC(=O)N(Cc3ccco3)C2)cc1. The van der Waals surface area contributed by atoms with Crippen LogP contribution in [0.25, 0.3) is 0 Å². The van der Waals surface area contributed by atoms with Crippen LogP contribution in [0.5, 0.6) is 0 Å². The summed E-state index contributed by atoms with van der Waals surface area (Å²) in [5.74, 6) is -0.417. The molecule has 0 bridgehead atoms. The average molecular weight is 356 g/mol. The van der Waals surface area contributed by atoms with E-state index in [-0.39, 0.29) is 18.2 Å². The highest BCUT2D eigenvalue weighted by molar-refractivity contribution is 5.97. The van der Waals surface area contributed by atoms with E-state index in [4.69, 9.17) is 9.15 Å². The van der Waals surface area contributed by atoms with Gasteiger partial charge in [0.25, 0.3) is 0 Å². The summed E-state index contributed by atoms with van der Waals surface area (Å²) >= 11 is 0. The number of carbonyl (C=O) groups is 3. The fourth-order valence-electron chi connectivity index (χ4n) is 2.84. The molecule has 1 atom stereocenters. The predicted octanol–water partition coefficient (Wildman–Crippen LogP) is 2.44. The minimum atomic E-state index is -0.415. The summed E-state index contributed by atoms with van der Waals surface area (Å²) in [6, 6.07) is 10.0.